The third-order valence-corrected chi connectivity index (χ3v) is 3.72. The molecule has 0 saturated carbocycles. The molecule has 0 aliphatic carbocycles. The highest BCUT2D eigenvalue weighted by molar-refractivity contribution is 5.76. The van der Waals surface area contributed by atoms with Gasteiger partial charge in [-0.1, -0.05) is 24.3 Å². The zero-order valence-corrected chi connectivity index (χ0v) is 14.0. The second-order valence-corrected chi connectivity index (χ2v) is 5.69. The Bertz CT molecular complexity index is 636. The molecule has 2 rings (SSSR count). The van der Waals surface area contributed by atoms with Crippen LogP contribution < -0.4 is 15.0 Å². The van der Waals surface area contributed by atoms with Crippen molar-refractivity contribution in [3.63, 3.8) is 0 Å². The number of nitrogens with zero attached hydrogens (tertiary/aromatic N) is 1. The lowest BCUT2D eigenvalue weighted by Crippen LogP contribution is -2.23. The van der Waals surface area contributed by atoms with E-state index < -0.39 is 0 Å². The minimum Gasteiger partial charge on any atom is -0.497 e. The number of aryl methyl sites for hydroxylation is 1. The Morgan fingerprint density at radius 2 is 1.83 bits per heavy atom. The molecule has 0 atom stereocenters. The lowest BCUT2D eigenvalue weighted by atomic mass is 10.1. The van der Waals surface area contributed by atoms with E-state index in [2.05, 4.69) is 22.3 Å². The molecule has 0 aliphatic rings. The smallest absolute Gasteiger partial charge is 0.220 e. The fourth-order valence-corrected chi connectivity index (χ4v) is 2.29. The molecule has 0 saturated heterocycles. The van der Waals surface area contributed by atoms with E-state index in [-0.39, 0.29) is 5.91 Å². The van der Waals surface area contributed by atoms with Crippen LogP contribution >= 0.6 is 0 Å². The van der Waals surface area contributed by atoms with E-state index in [4.69, 9.17) is 4.74 Å². The van der Waals surface area contributed by atoms with Crippen LogP contribution in [0, 0.1) is 0 Å². The van der Waals surface area contributed by atoms with Crippen molar-refractivity contribution in [2.24, 2.45) is 0 Å². The third kappa shape index (κ3) is 5.33. The normalized spacial score (nSPS) is 10.2. The standard InChI is InChI=1S/C19H24N2O2/c1-21(2)17-10-7-16(8-11-17)14-20-19(22)12-9-15-5-4-6-18(13-15)23-3/h4-8,10-11,13H,9,12,14H2,1-3H3,(H,20,22). The summed E-state index contributed by atoms with van der Waals surface area (Å²) >= 11 is 0. The number of ether oxygens (including phenoxy) is 1. The van der Waals surface area contributed by atoms with Crippen LogP contribution in [0.2, 0.25) is 0 Å². The monoisotopic (exact) mass is 312 g/mol. The van der Waals surface area contributed by atoms with Gasteiger partial charge in [0.1, 0.15) is 5.75 Å². The third-order valence-electron chi connectivity index (χ3n) is 3.72. The fraction of sp³-hybridized carbons (Fsp3) is 0.316. The Labute approximate surface area is 138 Å². The highest BCUT2D eigenvalue weighted by Gasteiger charge is 2.04. The number of rotatable bonds is 7. The van der Waals surface area contributed by atoms with Crippen LogP contribution in [0.3, 0.4) is 0 Å². The number of anilines is 1. The molecule has 23 heavy (non-hydrogen) atoms. The van der Waals surface area contributed by atoms with Crippen molar-refractivity contribution in [1.82, 2.24) is 5.32 Å². The van der Waals surface area contributed by atoms with E-state index in [1.54, 1.807) is 7.11 Å². The second-order valence-electron chi connectivity index (χ2n) is 5.69. The summed E-state index contributed by atoms with van der Waals surface area (Å²) in [5.74, 6) is 0.883. The van der Waals surface area contributed by atoms with Crippen molar-refractivity contribution < 1.29 is 9.53 Å². The van der Waals surface area contributed by atoms with Crippen molar-refractivity contribution in [1.29, 1.82) is 0 Å². The Kier molecular flexibility index (Phi) is 6.03. The number of carbonyl (C=O) groups is 1. The molecule has 0 aromatic heterocycles. The van der Waals surface area contributed by atoms with Gasteiger partial charge in [0.25, 0.3) is 0 Å². The number of hydrogen-bond donors (Lipinski definition) is 1. The van der Waals surface area contributed by atoms with Gasteiger partial charge in [0, 0.05) is 32.7 Å². The predicted molar refractivity (Wildman–Crippen MR) is 93.9 cm³/mol. The Hall–Kier alpha value is -2.49. The van der Waals surface area contributed by atoms with Crippen LogP contribution in [0.1, 0.15) is 17.5 Å². The summed E-state index contributed by atoms with van der Waals surface area (Å²) in [7, 11) is 5.66. The highest BCUT2D eigenvalue weighted by Crippen LogP contribution is 2.14. The average Bonchev–Trinajstić information content (AvgIpc) is 2.58. The molecular weight excluding hydrogens is 288 g/mol. The summed E-state index contributed by atoms with van der Waals surface area (Å²) in [4.78, 5) is 14.0. The zero-order valence-electron chi connectivity index (χ0n) is 14.0. The number of benzene rings is 2. The van der Waals surface area contributed by atoms with Gasteiger partial charge >= 0.3 is 0 Å². The van der Waals surface area contributed by atoms with Gasteiger partial charge < -0.3 is 15.0 Å². The molecule has 2 aromatic rings. The lowest BCUT2D eigenvalue weighted by molar-refractivity contribution is -0.121. The quantitative estimate of drug-likeness (QED) is 0.854. The summed E-state index contributed by atoms with van der Waals surface area (Å²) in [5, 5.41) is 2.96. The van der Waals surface area contributed by atoms with Gasteiger partial charge in [-0.15, -0.1) is 0 Å². The summed E-state index contributed by atoms with van der Waals surface area (Å²) < 4.78 is 5.19. The minimum absolute atomic E-state index is 0.0597. The molecule has 0 bridgehead atoms. The van der Waals surface area contributed by atoms with Gasteiger partial charge in [-0.25, -0.2) is 0 Å². The first-order valence-electron chi connectivity index (χ1n) is 7.74. The molecule has 122 valence electrons. The first-order chi connectivity index (χ1) is 11.1. The van der Waals surface area contributed by atoms with Crippen LogP contribution in [0.5, 0.6) is 5.75 Å². The zero-order chi connectivity index (χ0) is 16.7. The predicted octanol–water partition coefficient (Wildman–Crippen LogP) is 3.01. The SMILES string of the molecule is COc1cccc(CCC(=O)NCc2ccc(N(C)C)cc2)c1. The Balaban J connectivity index is 1.78. The van der Waals surface area contributed by atoms with E-state index in [1.807, 2.05) is 50.5 Å². The maximum Gasteiger partial charge on any atom is 0.220 e. The Morgan fingerprint density at radius 3 is 2.48 bits per heavy atom. The lowest BCUT2D eigenvalue weighted by Gasteiger charge is -2.13. The number of hydrogen-bond acceptors (Lipinski definition) is 3. The molecule has 0 radical (unpaired) electrons. The van der Waals surface area contributed by atoms with Crippen molar-refractivity contribution in [2.45, 2.75) is 19.4 Å². The Morgan fingerprint density at radius 1 is 1.09 bits per heavy atom. The molecule has 4 heteroatoms. The minimum atomic E-state index is 0.0597. The van der Waals surface area contributed by atoms with Crippen LogP contribution in [0.4, 0.5) is 5.69 Å². The summed E-state index contributed by atoms with van der Waals surface area (Å²) in [6, 6.07) is 16.0. The first kappa shape index (κ1) is 16.9. The fourth-order valence-electron chi connectivity index (χ4n) is 2.29. The summed E-state index contributed by atoms with van der Waals surface area (Å²) in [5.41, 5.74) is 3.36. The second kappa shape index (κ2) is 8.22. The van der Waals surface area contributed by atoms with Gasteiger partial charge in [-0.2, -0.15) is 0 Å². The molecule has 0 aliphatic heterocycles. The number of amides is 1. The molecule has 0 heterocycles. The highest BCUT2D eigenvalue weighted by atomic mass is 16.5. The van der Waals surface area contributed by atoms with Crippen molar-refractivity contribution >= 4 is 11.6 Å². The molecular formula is C19H24N2O2. The summed E-state index contributed by atoms with van der Waals surface area (Å²) in [6.07, 6.45) is 1.19. The molecule has 0 spiro atoms. The van der Waals surface area contributed by atoms with Crippen molar-refractivity contribution in [2.75, 3.05) is 26.1 Å². The number of carbonyl (C=O) groups excluding carboxylic acids is 1. The number of nitrogens with one attached hydrogen (secondary N) is 1. The van der Waals surface area contributed by atoms with Crippen LogP contribution in [-0.2, 0) is 17.8 Å². The van der Waals surface area contributed by atoms with Gasteiger partial charge in [-0.3, -0.25) is 4.79 Å². The van der Waals surface area contributed by atoms with Crippen LogP contribution in [-0.4, -0.2) is 27.1 Å². The molecule has 1 N–H and O–H groups in total. The van der Waals surface area contributed by atoms with E-state index in [0.717, 1.165) is 22.6 Å². The molecule has 4 nitrogen and oxygen atoms in total. The molecule has 0 unspecified atom stereocenters. The van der Waals surface area contributed by atoms with Gasteiger partial charge in [0.05, 0.1) is 7.11 Å². The molecule has 2 aromatic carbocycles. The van der Waals surface area contributed by atoms with Crippen LogP contribution in [0.15, 0.2) is 48.5 Å². The molecule has 1 amide bonds. The van der Waals surface area contributed by atoms with Gasteiger partial charge in [0.15, 0.2) is 0 Å². The average molecular weight is 312 g/mol. The topological polar surface area (TPSA) is 41.6 Å². The van der Waals surface area contributed by atoms with E-state index in [0.29, 0.717) is 19.4 Å². The largest absolute Gasteiger partial charge is 0.497 e. The van der Waals surface area contributed by atoms with Gasteiger partial charge in [0.2, 0.25) is 5.91 Å². The summed E-state index contributed by atoms with van der Waals surface area (Å²) in [6.45, 7) is 0.560. The van der Waals surface area contributed by atoms with E-state index in [9.17, 15) is 4.79 Å². The van der Waals surface area contributed by atoms with Gasteiger partial charge in [-0.05, 0) is 41.8 Å². The van der Waals surface area contributed by atoms with E-state index in [1.165, 1.54) is 0 Å². The molecule has 0 fully saturated rings. The van der Waals surface area contributed by atoms with Crippen molar-refractivity contribution in [3.05, 3.63) is 59.7 Å². The van der Waals surface area contributed by atoms with Crippen molar-refractivity contribution in [3.8, 4) is 5.75 Å². The number of methoxy groups -OCH3 is 1. The maximum absolute atomic E-state index is 12.0. The maximum atomic E-state index is 12.0. The first-order valence-corrected chi connectivity index (χ1v) is 7.74. The van der Waals surface area contributed by atoms with E-state index >= 15 is 0 Å². The van der Waals surface area contributed by atoms with Crippen LogP contribution in [0.25, 0.3) is 0 Å².